The molecule has 0 amide bonds. The van der Waals surface area contributed by atoms with Crippen molar-refractivity contribution < 1.29 is 22.8 Å². The number of rotatable bonds is 6. The molecule has 2 aliphatic heterocycles. The van der Waals surface area contributed by atoms with Crippen LogP contribution in [-0.2, 0) is 17.7 Å². The van der Waals surface area contributed by atoms with Crippen molar-refractivity contribution in [2.45, 2.75) is 96.0 Å². The Balaban J connectivity index is 2.17. The summed E-state index contributed by atoms with van der Waals surface area (Å²) in [6.07, 6.45) is 1.18. The Labute approximate surface area is 203 Å². The van der Waals surface area contributed by atoms with Crippen LogP contribution in [0.1, 0.15) is 61.6 Å². The van der Waals surface area contributed by atoms with Gasteiger partial charge in [0.15, 0.2) is 6.23 Å². The lowest BCUT2D eigenvalue weighted by Crippen LogP contribution is -2.65. The van der Waals surface area contributed by atoms with E-state index in [1.807, 2.05) is 0 Å². The van der Waals surface area contributed by atoms with E-state index in [4.69, 9.17) is 17.7 Å². The molecule has 0 bridgehead atoms. The zero-order valence-corrected chi connectivity index (χ0v) is 23.5. The summed E-state index contributed by atoms with van der Waals surface area (Å²) in [7, 11) is -5.63. The summed E-state index contributed by atoms with van der Waals surface area (Å²) in [4.78, 5) is 26.5. The van der Waals surface area contributed by atoms with Gasteiger partial charge in [0.1, 0.15) is 12.2 Å². The average Bonchev–Trinajstić information content (AvgIpc) is 3.04. The number of aliphatic hydroxyl groups excluding tert-OH is 1. The third kappa shape index (κ3) is 4.71. The molecule has 0 spiro atoms. The Morgan fingerprint density at radius 3 is 2.15 bits per heavy atom. The number of H-pyrrole nitrogens is 1. The first-order chi connectivity index (χ1) is 15.9. The second kappa shape index (κ2) is 10.3. The number of hydrogen-bond acceptors (Lipinski definition) is 7. The largest absolute Gasteiger partial charge is 0.414 e. The Bertz CT molecular complexity index is 986. The van der Waals surface area contributed by atoms with Crippen LogP contribution in [0.5, 0.6) is 0 Å². The summed E-state index contributed by atoms with van der Waals surface area (Å²) in [6.45, 7) is 17.2. The monoisotopic (exact) mass is 512 g/mol. The van der Waals surface area contributed by atoms with Crippen molar-refractivity contribution in [1.82, 2.24) is 9.55 Å². The lowest BCUT2D eigenvalue weighted by Gasteiger charge is -2.51. The molecule has 11 heteroatoms. The number of nitrogens with zero attached hydrogens (tertiary/aromatic N) is 1. The first-order valence-corrected chi connectivity index (χ1v) is 16.1. The lowest BCUT2D eigenvalue weighted by molar-refractivity contribution is -0.0561. The first-order valence-electron chi connectivity index (χ1n) is 12.2. The number of fused-ring (bicyclic) bond motifs is 1. The van der Waals surface area contributed by atoms with Crippen LogP contribution in [0.15, 0.2) is 33.5 Å². The number of aromatic nitrogens is 2. The van der Waals surface area contributed by atoms with E-state index in [-0.39, 0.29) is 35.4 Å². The van der Waals surface area contributed by atoms with Gasteiger partial charge in [0.25, 0.3) is 5.56 Å². The highest BCUT2D eigenvalue weighted by molar-refractivity contribution is 6.84. The molecule has 1 aromatic rings. The minimum absolute atomic E-state index is 0.129. The van der Waals surface area contributed by atoms with E-state index >= 15 is 0 Å². The molecule has 0 aliphatic carbocycles. The topological polar surface area (TPSA) is 112 Å². The quantitative estimate of drug-likeness (QED) is 0.444. The van der Waals surface area contributed by atoms with Gasteiger partial charge in [-0.25, -0.2) is 4.79 Å². The van der Waals surface area contributed by atoms with Crippen molar-refractivity contribution in [3.63, 3.8) is 0 Å². The number of nitrogens with one attached hydrogen (secondary N) is 1. The van der Waals surface area contributed by atoms with Gasteiger partial charge in [-0.1, -0.05) is 61.5 Å². The maximum Gasteiger partial charge on any atom is 0.335 e. The lowest BCUT2D eigenvalue weighted by atomic mass is 10.1. The van der Waals surface area contributed by atoms with E-state index in [9.17, 15) is 14.7 Å². The second-order valence-corrected chi connectivity index (χ2v) is 19.3. The molecule has 2 N–H and O–H groups in total. The summed E-state index contributed by atoms with van der Waals surface area (Å²) in [5.41, 5.74) is 0.218. The van der Waals surface area contributed by atoms with Crippen LogP contribution in [0.4, 0.5) is 0 Å². The van der Waals surface area contributed by atoms with E-state index in [0.717, 1.165) is 0 Å². The van der Waals surface area contributed by atoms with E-state index in [2.05, 4.69) is 60.4 Å². The van der Waals surface area contributed by atoms with E-state index < -0.39 is 46.8 Å². The Morgan fingerprint density at radius 1 is 1.06 bits per heavy atom. The molecule has 9 nitrogen and oxygen atoms in total. The first kappa shape index (κ1) is 27.2. The van der Waals surface area contributed by atoms with Crippen LogP contribution in [0, 0.1) is 0 Å². The van der Waals surface area contributed by atoms with Gasteiger partial charge in [-0.05, 0) is 22.2 Å². The molecular formula is C23H40N2O7Si2. The number of aromatic amines is 1. The maximum atomic E-state index is 12.6. The standard InChI is InChI=1S/C23H40N2O7Si2/c1-14(2)33(15(3)4)29-13-19-21(31-34(32-33,16(5)6)17(7)8)18(10-12-26)22(30-19)25-11-9-20(27)24-23(25)28/h9-11,14-17,19,21-22,26H,12-13H2,1-8H3,(H,24,27,28)/b18-10-/t19-,21+,22-/m1/s1. The van der Waals surface area contributed by atoms with Crippen LogP contribution >= 0.6 is 0 Å². The van der Waals surface area contributed by atoms with E-state index in [1.165, 1.54) is 16.8 Å². The SMILES string of the molecule is CC(C)[Si]1(C(C)C)OC[C@H]2O[C@@H](n3ccc(=O)[nH]c3=O)/C(=C\CO)[C@@H]2O[Si](C(C)C)(C(C)C)O1. The minimum atomic E-state index is -2.90. The molecule has 3 atom stereocenters. The second-order valence-electron chi connectivity index (χ2n) is 10.4. The highest BCUT2D eigenvalue weighted by Crippen LogP contribution is 2.49. The van der Waals surface area contributed by atoms with Crippen molar-refractivity contribution in [3.8, 4) is 0 Å². The molecule has 34 heavy (non-hydrogen) atoms. The maximum absolute atomic E-state index is 12.6. The Morgan fingerprint density at radius 2 is 1.65 bits per heavy atom. The van der Waals surface area contributed by atoms with Crippen LogP contribution in [0.25, 0.3) is 0 Å². The highest BCUT2D eigenvalue weighted by Gasteiger charge is 2.60. The molecule has 0 saturated carbocycles. The Hall–Kier alpha value is -1.35. The number of aliphatic hydroxyl groups is 1. The van der Waals surface area contributed by atoms with Gasteiger partial charge in [-0.3, -0.25) is 14.3 Å². The van der Waals surface area contributed by atoms with Gasteiger partial charge >= 0.3 is 22.8 Å². The van der Waals surface area contributed by atoms with Gasteiger partial charge in [0.05, 0.1) is 13.2 Å². The molecular weight excluding hydrogens is 472 g/mol. The normalized spacial score (nSPS) is 28.0. The molecule has 0 unspecified atom stereocenters. The van der Waals surface area contributed by atoms with Gasteiger partial charge < -0.3 is 22.8 Å². The summed E-state index contributed by atoms with van der Waals surface area (Å²) in [5.74, 6) is 0. The van der Waals surface area contributed by atoms with Crippen LogP contribution < -0.4 is 11.2 Å². The summed E-state index contributed by atoms with van der Waals surface area (Å²) in [6, 6.07) is 1.28. The van der Waals surface area contributed by atoms with Crippen molar-refractivity contribution in [2.24, 2.45) is 0 Å². The van der Waals surface area contributed by atoms with E-state index in [1.54, 1.807) is 6.08 Å². The summed E-state index contributed by atoms with van der Waals surface area (Å²) < 4.78 is 28.7. The number of ether oxygens (including phenoxy) is 1. The highest BCUT2D eigenvalue weighted by atomic mass is 28.5. The van der Waals surface area contributed by atoms with Crippen LogP contribution in [0.2, 0.25) is 22.2 Å². The van der Waals surface area contributed by atoms with Crippen LogP contribution in [-0.4, -0.2) is 57.2 Å². The predicted molar refractivity (Wildman–Crippen MR) is 134 cm³/mol. The summed E-state index contributed by atoms with van der Waals surface area (Å²) in [5, 5.41) is 9.82. The smallest absolute Gasteiger partial charge is 0.335 e. The van der Waals surface area contributed by atoms with E-state index in [0.29, 0.717) is 5.57 Å². The zero-order valence-electron chi connectivity index (χ0n) is 21.5. The third-order valence-electron chi connectivity index (χ3n) is 7.01. The molecule has 192 valence electrons. The van der Waals surface area contributed by atoms with Crippen molar-refractivity contribution in [2.75, 3.05) is 13.2 Å². The molecule has 0 aromatic carbocycles. The van der Waals surface area contributed by atoms with Gasteiger partial charge in [0, 0.05) is 17.8 Å². The number of hydrogen-bond donors (Lipinski definition) is 2. The Kier molecular flexibility index (Phi) is 8.28. The van der Waals surface area contributed by atoms with Crippen molar-refractivity contribution >= 4 is 17.1 Å². The molecule has 0 radical (unpaired) electrons. The molecule has 2 saturated heterocycles. The molecule has 2 aliphatic rings. The zero-order chi connectivity index (χ0) is 25.4. The predicted octanol–water partition coefficient (Wildman–Crippen LogP) is 3.31. The van der Waals surface area contributed by atoms with Crippen LogP contribution in [0.3, 0.4) is 0 Å². The van der Waals surface area contributed by atoms with Gasteiger partial charge in [-0.2, -0.15) is 0 Å². The average molecular weight is 513 g/mol. The van der Waals surface area contributed by atoms with Crippen molar-refractivity contribution in [1.29, 1.82) is 0 Å². The fourth-order valence-corrected chi connectivity index (χ4v) is 16.4. The fraction of sp³-hybridized carbons (Fsp3) is 0.739. The van der Waals surface area contributed by atoms with Gasteiger partial charge in [-0.15, -0.1) is 0 Å². The third-order valence-corrected chi connectivity index (χ3v) is 17.2. The minimum Gasteiger partial charge on any atom is -0.414 e. The molecule has 3 rings (SSSR count). The van der Waals surface area contributed by atoms with Gasteiger partial charge in [0.2, 0.25) is 0 Å². The van der Waals surface area contributed by atoms with Crippen molar-refractivity contribution in [3.05, 3.63) is 44.8 Å². The fourth-order valence-electron chi connectivity index (χ4n) is 5.23. The summed E-state index contributed by atoms with van der Waals surface area (Å²) >= 11 is 0. The molecule has 3 heterocycles. The molecule has 1 aromatic heterocycles. The molecule has 2 fully saturated rings.